The van der Waals surface area contributed by atoms with E-state index < -0.39 is 18.1 Å². The number of carbonyl (C=O) groups excluding carboxylic acids is 2. The van der Waals surface area contributed by atoms with Crippen LogP contribution in [0.4, 0.5) is 4.79 Å². The fourth-order valence-electron chi connectivity index (χ4n) is 4.94. The van der Waals surface area contributed by atoms with Gasteiger partial charge in [-0.1, -0.05) is 48.5 Å². The molecule has 0 aromatic heterocycles. The minimum atomic E-state index is -1.02. The molecule has 2 aliphatic rings. The smallest absolute Gasteiger partial charge is 0.407 e. The number of rotatable bonds is 9. The van der Waals surface area contributed by atoms with Gasteiger partial charge in [0.05, 0.1) is 0 Å². The molecule has 0 bridgehead atoms. The van der Waals surface area contributed by atoms with Gasteiger partial charge in [-0.05, 0) is 59.9 Å². The Labute approximate surface area is 203 Å². The largest absolute Gasteiger partial charge is 0.480 e. The van der Waals surface area contributed by atoms with Gasteiger partial charge in [-0.2, -0.15) is 11.8 Å². The Morgan fingerprint density at radius 2 is 1.71 bits per heavy atom. The molecule has 4 rings (SSSR count). The van der Waals surface area contributed by atoms with Gasteiger partial charge in [0, 0.05) is 17.9 Å². The lowest BCUT2D eigenvalue weighted by molar-refractivity contribution is -0.142. The third-order valence-corrected chi connectivity index (χ3v) is 7.34. The van der Waals surface area contributed by atoms with E-state index in [0.29, 0.717) is 31.4 Å². The van der Waals surface area contributed by atoms with Crippen molar-refractivity contribution in [1.82, 2.24) is 10.6 Å². The Balaban J connectivity index is 1.28. The minimum absolute atomic E-state index is 0.00510. The zero-order valence-corrected chi connectivity index (χ0v) is 20.0. The molecule has 0 radical (unpaired) electrons. The summed E-state index contributed by atoms with van der Waals surface area (Å²) in [6.07, 6.45) is 3.54. The molecule has 0 saturated heterocycles. The van der Waals surface area contributed by atoms with E-state index in [2.05, 4.69) is 34.9 Å². The molecule has 7 nitrogen and oxygen atoms in total. The van der Waals surface area contributed by atoms with Crippen LogP contribution >= 0.6 is 11.8 Å². The molecule has 2 aromatic carbocycles. The molecule has 2 aliphatic carbocycles. The van der Waals surface area contributed by atoms with E-state index >= 15 is 0 Å². The average Bonchev–Trinajstić information content (AvgIpc) is 3.43. The van der Waals surface area contributed by atoms with E-state index in [1.54, 1.807) is 11.8 Å². The van der Waals surface area contributed by atoms with E-state index in [0.717, 1.165) is 11.1 Å². The van der Waals surface area contributed by atoms with Gasteiger partial charge in [-0.25, -0.2) is 9.59 Å². The van der Waals surface area contributed by atoms with Crippen molar-refractivity contribution in [2.24, 2.45) is 5.92 Å². The Hall–Kier alpha value is -3.00. The van der Waals surface area contributed by atoms with Gasteiger partial charge < -0.3 is 20.5 Å². The van der Waals surface area contributed by atoms with Crippen molar-refractivity contribution >= 4 is 29.7 Å². The topological polar surface area (TPSA) is 105 Å². The van der Waals surface area contributed by atoms with Crippen LogP contribution in [0.2, 0.25) is 0 Å². The van der Waals surface area contributed by atoms with Crippen molar-refractivity contribution < 1.29 is 24.2 Å². The molecular formula is C26H30N2O5S. The van der Waals surface area contributed by atoms with Crippen molar-refractivity contribution in [3.63, 3.8) is 0 Å². The highest BCUT2D eigenvalue weighted by atomic mass is 32.2. The Morgan fingerprint density at radius 1 is 1.06 bits per heavy atom. The lowest BCUT2D eigenvalue weighted by atomic mass is 9.98. The highest BCUT2D eigenvalue weighted by Crippen LogP contribution is 2.44. The second kappa shape index (κ2) is 11.0. The lowest BCUT2D eigenvalue weighted by Crippen LogP contribution is -2.44. The van der Waals surface area contributed by atoms with E-state index in [9.17, 15) is 19.5 Å². The number of amides is 2. The summed E-state index contributed by atoms with van der Waals surface area (Å²) >= 11 is 1.54. The second-order valence-electron chi connectivity index (χ2n) is 8.86. The monoisotopic (exact) mass is 482 g/mol. The van der Waals surface area contributed by atoms with E-state index in [1.807, 2.05) is 30.5 Å². The summed E-state index contributed by atoms with van der Waals surface area (Å²) in [5.41, 5.74) is 4.66. The summed E-state index contributed by atoms with van der Waals surface area (Å²) in [5.74, 6) is -0.933. The van der Waals surface area contributed by atoms with E-state index in [-0.39, 0.29) is 30.4 Å². The fraction of sp³-hybridized carbons (Fsp3) is 0.423. The number of carboxylic acids is 1. The van der Waals surface area contributed by atoms with Crippen LogP contribution in [0.1, 0.15) is 42.7 Å². The summed E-state index contributed by atoms with van der Waals surface area (Å²) in [5, 5.41) is 14.9. The maximum absolute atomic E-state index is 12.6. The Kier molecular flexibility index (Phi) is 7.77. The van der Waals surface area contributed by atoms with Gasteiger partial charge in [0.1, 0.15) is 12.6 Å². The minimum Gasteiger partial charge on any atom is -0.480 e. The summed E-state index contributed by atoms with van der Waals surface area (Å²) in [6.45, 7) is 0.242. The third kappa shape index (κ3) is 5.38. The first kappa shape index (κ1) is 24.1. The lowest BCUT2D eigenvalue weighted by Gasteiger charge is -2.18. The summed E-state index contributed by atoms with van der Waals surface area (Å²) in [6, 6.07) is 15.3. The van der Waals surface area contributed by atoms with E-state index in [4.69, 9.17) is 4.74 Å². The number of fused-ring (bicyclic) bond motifs is 3. The van der Waals surface area contributed by atoms with Crippen molar-refractivity contribution in [1.29, 1.82) is 0 Å². The molecule has 0 spiro atoms. The first-order valence-corrected chi connectivity index (χ1v) is 13.0. The number of carbonyl (C=O) groups is 3. The number of carboxylic acid groups (broad SMARTS) is 1. The molecule has 1 fully saturated rings. The van der Waals surface area contributed by atoms with Crippen molar-refractivity contribution in [2.75, 3.05) is 18.6 Å². The normalized spacial score (nSPS) is 19.7. The van der Waals surface area contributed by atoms with Crippen LogP contribution in [0, 0.1) is 5.92 Å². The number of alkyl carbamates (subject to hydrolysis) is 1. The first-order chi connectivity index (χ1) is 16.5. The average molecular weight is 483 g/mol. The molecule has 0 heterocycles. The first-order valence-electron chi connectivity index (χ1n) is 11.6. The van der Waals surface area contributed by atoms with Gasteiger partial charge in [0.25, 0.3) is 0 Å². The van der Waals surface area contributed by atoms with Crippen LogP contribution in [-0.4, -0.2) is 53.8 Å². The maximum Gasteiger partial charge on any atom is 0.407 e. The summed E-state index contributed by atoms with van der Waals surface area (Å²) in [4.78, 5) is 36.5. The number of benzene rings is 2. The molecule has 2 aromatic rings. The van der Waals surface area contributed by atoms with Crippen LogP contribution in [0.3, 0.4) is 0 Å². The molecule has 2 unspecified atom stereocenters. The fourth-order valence-corrected chi connectivity index (χ4v) is 5.41. The van der Waals surface area contributed by atoms with Crippen LogP contribution in [-0.2, 0) is 14.3 Å². The highest BCUT2D eigenvalue weighted by Gasteiger charge is 2.34. The van der Waals surface area contributed by atoms with Gasteiger partial charge in [-0.3, -0.25) is 4.79 Å². The van der Waals surface area contributed by atoms with E-state index in [1.165, 1.54) is 11.1 Å². The third-order valence-electron chi connectivity index (χ3n) is 6.69. The van der Waals surface area contributed by atoms with Gasteiger partial charge in [0.2, 0.25) is 5.91 Å². The predicted octanol–water partition coefficient (Wildman–Crippen LogP) is 4.02. The zero-order chi connectivity index (χ0) is 24.1. The zero-order valence-electron chi connectivity index (χ0n) is 19.2. The number of hydrogen-bond donors (Lipinski definition) is 3. The molecule has 3 atom stereocenters. The second-order valence-corrected chi connectivity index (χ2v) is 9.84. The van der Waals surface area contributed by atoms with Crippen LogP contribution in [0.5, 0.6) is 0 Å². The number of thioether (sulfide) groups is 1. The Morgan fingerprint density at radius 3 is 2.32 bits per heavy atom. The molecule has 34 heavy (non-hydrogen) atoms. The van der Waals surface area contributed by atoms with Gasteiger partial charge in [0.15, 0.2) is 0 Å². The molecule has 0 aliphatic heterocycles. The standard InChI is InChI=1S/C26H30N2O5S/c1-34-13-12-23(25(30)31)28-24(29)16-10-11-17(14-16)27-26(32)33-15-22-20-8-4-2-6-18(20)19-7-3-5-9-21(19)22/h2-9,16-17,22-23H,10-15H2,1H3,(H,27,32)(H,28,29)(H,30,31)/t16?,17?,23-/m0/s1. The van der Waals surface area contributed by atoms with Crippen molar-refractivity contribution in [3.8, 4) is 11.1 Å². The number of ether oxygens (including phenoxy) is 1. The number of nitrogens with one attached hydrogen (secondary N) is 2. The molecule has 2 amide bonds. The number of hydrogen-bond acceptors (Lipinski definition) is 5. The molecular weight excluding hydrogens is 452 g/mol. The number of aliphatic carboxylic acids is 1. The van der Waals surface area contributed by atoms with Crippen molar-refractivity contribution in [3.05, 3.63) is 59.7 Å². The summed E-state index contributed by atoms with van der Waals surface area (Å²) < 4.78 is 5.61. The van der Waals surface area contributed by atoms with Crippen LogP contribution in [0.15, 0.2) is 48.5 Å². The molecule has 8 heteroatoms. The van der Waals surface area contributed by atoms with Crippen LogP contribution in [0.25, 0.3) is 11.1 Å². The predicted molar refractivity (Wildman–Crippen MR) is 132 cm³/mol. The quantitative estimate of drug-likeness (QED) is 0.499. The van der Waals surface area contributed by atoms with Gasteiger partial charge in [-0.15, -0.1) is 0 Å². The SMILES string of the molecule is CSCC[C@H](NC(=O)C1CCC(NC(=O)OCC2c3ccccc3-c3ccccc32)C1)C(=O)O. The Bertz CT molecular complexity index is 1010. The summed E-state index contributed by atoms with van der Waals surface area (Å²) in [7, 11) is 0. The molecule has 180 valence electrons. The molecule has 3 N–H and O–H groups in total. The van der Waals surface area contributed by atoms with Crippen LogP contribution < -0.4 is 10.6 Å². The maximum atomic E-state index is 12.6. The molecule has 1 saturated carbocycles. The van der Waals surface area contributed by atoms with Crippen molar-refractivity contribution in [2.45, 2.75) is 43.7 Å². The highest BCUT2D eigenvalue weighted by molar-refractivity contribution is 7.98. The van der Waals surface area contributed by atoms with Gasteiger partial charge >= 0.3 is 12.1 Å².